The van der Waals surface area contributed by atoms with Gasteiger partial charge in [0.2, 0.25) is 0 Å². The second-order valence-corrected chi connectivity index (χ2v) is 8.11. The molecular weight excluding hydrogens is 398 g/mol. The second-order valence-electron chi connectivity index (χ2n) is 7.03. The van der Waals surface area contributed by atoms with Crippen molar-refractivity contribution < 1.29 is 9.15 Å². The SMILES string of the molecule is COc1cccc(Sc2c(C)c3c(=O)n(Cc4ccccc4)c(C)cc3oc2=O)c1. The Morgan fingerprint density at radius 1 is 1.00 bits per heavy atom. The van der Waals surface area contributed by atoms with Gasteiger partial charge in [0.05, 0.1) is 19.0 Å². The van der Waals surface area contributed by atoms with E-state index in [1.165, 1.54) is 11.8 Å². The van der Waals surface area contributed by atoms with Gasteiger partial charge in [-0.25, -0.2) is 4.79 Å². The molecule has 152 valence electrons. The third-order valence-electron chi connectivity index (χ3n) is 5.02. The highest BCUT2D eigenvalue weighted by Crippen LogP contribution is 2.32. The van der Waals surface area contributed by atoms with Crippen molar-refractivity contribution in [3.8, 4) is 5.75 Å². The van der Waals surface area contributed by atoms with Crippen molar-refractivity contribution in [1.29, 1.82) is 0 Å². The van der Waals surface area contributed by atoms with Crippen LogP contribution in [-0.2, 0) is 6.54 Å². The molecule has 0 saturated heterocycles. The van der Waals surface area contributed by atoms with Gasteiger partial charge in [0.1, 0.15) is 16.2 Å². The van der Waals surface area contributed by atoms with Gasteiger partial charge in [-0.2, -0.15) is 0 Å². The molecule has 30 heavy (non-hydrogen) atoms. The van der Waals surface area contributed by atoms with Crippen LogP contribution in [0.5, 0.6) is 5.75 Å². The van der Waals surface area contributed by atoms with Gasteiger partial charge in [0.25, 0.3) is 5.56 Å². The maximum absolute atomic E-state index is 13.4. The van der Waals surface area contributed by atoms with E-state index in [2.05, 4.69) is 0 Å². The molecule has 2 heterocycles. The number of benzene rings is 2. The van der Waals surface area contributed by atoms with Gasteiger partial charge >= 0.3 is 5.63 Å². The molecule has 0 spiro atoms. The molecule has 0 amide bonds. The summed E-state index contributed by atoms with van der Waals surface area (Å²) in [6.07, 6.45) is 0. The minimum Gasteiger partial charge on any atom is -0.497 e. The third-order valence-corrected chi connectivity index (χ3v) is 6.19. The van der Waals surface area contributed by atoms with Crippen molar-refractivity contribution in [3.63, 3.8) is 0 Å². The first kappa shape index (κ1) is 20.0. The maximum Gasteiger partial charge on any atom is 0.350 e. The topological polar surface area (TPSA) is 61.4 Å². The summed E-state index contributed by atoms with van der Waals surface area (Å²) in [5.74, 6) is 0.698. The van der Waals surface area contributed by atoms with E-state index in [4.69, 9.17) is 9.15 Å². The lowest BCUT2D eigenvalue weighted by molar-refractivity contribution is 0.413. The lowest BCUT2D eigenvalue weighted by atomic mass is 10.1. The minimum absolute atomic E-state index is 0.164. The summed E-state index contributed by atoms with van der Waals surface area (Å²) < 4.78 is 12.5. The molecule has 4 aromatic rings. The lowest BCUT2D eigenvalue weighted by Crippen LogP contribution is -2.24. The van der Waals surface area contributed by atoms with Gasteiger partial charge in [-0.15, -0.1) is 0 Å². The van der Waals surface area contributed by atoms with Crippen molar-refractivity contribution in [2.24, 2.45) is 0 Å². The molecule has 6 heteroatoms. The first-order valence-corrected chi connectivity index (χ1v) is 10.3. The predicted octanol–water partition coefficient (Wildman–Crippen LogP) is 4.78. The highest BCUT2D eigenvalue weighted by molar-refractivity contribution is 7.99. The highest BCUT2D eigenvalue weighted by atomic mass is 32.2. The Hall–Kier alpha value is -3.25. The van der Waals surface area contributed by atoms with Gasteiger partial charge in [-0.3, -0.25) is 4.79 Å². The second kappa shape index (κ2) is 8.24. The zero-order valence-electron chi connectivity index (χ0n) is 17.0. The molecule has 0 aliphatic heterocycles. The third kappa shape index (κ3) is 3.78. The fourth-order valence-electron chi connectivity index (χ4n) is 3.44. The van der Waals surface area contributed by atoms with E-state index in [1.807, 2.05) is 61.5 Å². The number of aromatic nitrogens is 1. The van der Waals surface area contributed by atoms with Crippen LogP contribution in [0.25, 0.3) is 11.0 Å². The number of fused-ring (bicyclic) bond motifs is 1. The molecule has 0 N–H and O–H groups in total. The highest BCUT2D eigenvalue weighted by Gasteiger charge is 2.18. The lowest BCUT2D eigenvalue weighted by Gasteiger charge is -2.13. The molecule has 2 aromatic carbocycles. The smallest absolute Gasteiger partial charge is 0.350 e. The summed E-state index contributed by atoms with van der Waals surface area (Å²) >= 11 is 1.27. The number of aryl methyl sites for hydroxylation is 2. The van der Waals surface area contributed by atoms with E-state index < -0.39 is 5.63 Å². The Kier molecular flexibility index (Phi) is 5.50. The molecule has 2 aromatic heterocycles. The number of rotatable bonds is 5. The number of methoxy groups -OCH3 is 1. The molecule has 0 unspecified atom stereocenters. The summed E-state index contributed by atoms with van der Waals surface area (Å²) in [4.78, 5) is 27.3. The monoisotopic (exact) mass is 419 g/mol. The largest absolute Gasteiger partial charge is 0.497 e. The van der Waals surface area contributed by atoms with Crippen LogP contribution in [-0.4, -0.2) is 11.7 Å². The van der Waals surface area contributed by atoms with Crippen molar-refractivity contribution >= 4 is 22.7 Å². The summed E-state index contributed by atoms with van der Waals surface area (Å²) in [6.45, 7) is 4.10. The molecule has 0 saturated carbocycles. The quantitative estimate of drug-likeness (QED) is 0.466. The van der Waals surface area contributed by atoms with Gasteiger partial charge in [-0.05, 0) is 43.2 Å². The van der Waals surface area contributed by atoms with E-state index in [0.717, 1.165) is 16.2 Å². The van der Waals surface area contributed by atoms with Crippen LogP contribution in [0.4, 0.5) is 0 Å². The Morgan fingerprint density at radius 2 is 1.77 bits per heavy atom. The summed E-state index contributed by atoms with van der Waals surface area (Å²) in [6, 6.07) is 19.0. The van der Waals surface area contributed by atoms with Crippen LogP contribution in [0.2, 0.25) is 0 Å². The summed E-state index contributed by atoms with van der Waals surface area (Å²) in [5, 5.41) is 0.432. The van der Waals surface area contributed by atoms with Crippen molar-refractivity contribution in [3.05, 3.63) is 98.3 Å². The van der Waals surface area contributed by atoms with Crippen LogP contribution in [0.3, 0.4) is 0 Å². The molecule has 4 rings (SSSR count). The number of hydrogen-bond acceptors (Lipinski definition) is 5. The Morgan fingerprint density at radius 3 is 2.50 bits per heavy atom. The molecule has 5 nitrogen and oxygen atoms in total. The summed E-state index contributed by atoms with van der Waals surface area (Å²) in [5.41, 5.74) is 2.10. The fourth-order valence-corrected chi connectivity index (χ4v) is 4.38. The van der Waals surface area contributed by atoms with E-state index >= 15 is 0 Å². The van der Waals surface area contributed by atoms with Gasteiger partial charge in [0, 0.05) is 16.7 Å². The minimum atomic E-state index is -0.451. The van der Waals surface area contributed by atoms with E-state index in [1.54, 1.807) is 24.7 Å². The first-order valence-electron chi connectivity index (χ1n) is 9.51. The van der Waals surface area contributed by atoms with Crippen LogP contribution < -0.4 is 15.9 Å². The molecule has 0 radical (unpaired) electrons. The van der Waals surface area contributed by atoms with Crippen molar-refractivity contribution in [2.45, 2.75) is 30.2 Å². The zero-order valence-corrected chi connectivity index (χ0v) is 17.8. The van der Waals surface area contributed by atoms with Crippen LogP contribution in [0.1, 0.15) is 16.8 Å². The van der Waals surface area contributed by atoms with Crippen molar-refractivity contribution in [2.75, 3.05) is 7.11 Å². The standard InChI is InChI=1S/C24H21NO4S/c1-15-12-20-21(23(26)25(15)14-17-8-5-4-6-9-17)16(2)22(24(27)29-20)30-19-11-7-10-18(13-19)28-3/h4-13H,14H2,1-3H3. The first-order chi connectivity index (χ1) is 14.5. The van der Waals surface area contributed by atoms with Crippen LogP contribution in [0, 0.1) is 13.8 Å². The molecule has 0 aliphatic rings. The predicted molar refractivity (Wildman–Crippen MR) is 119 cm³/mol. The van der Waals surface area contributed by atoms with Crippen molar-refractivity contribution in [1.82, 2.24) is 4.57 Å². The number of ether oxygens (including phenoxy) is 1. The zero-order chi connectivity index (χ0) is 21.3. The fraction of sp³-hybridized carbons (Fsp3) is 0.167. The van der Waals surface area contributed by atoms with Gasteiger partial charge < -0.3 is 13.7 Å². The Bertz CT molecular complexity index is 1340. The molecular formula is C24H21NO4S. The summed E-state index contributed by atoms with van der Waals surface area (Å²) in [7, 11) is 1.59. The number of nitrogens with zero attached hydrogens (tertiary/aromatic N) is 1. The van der Waals surface area contributed by atoms with Crippen LogP contribution in [0.15, 0.2) is 84.5 Å². The molecule has 0 bridgehead atoms. The van der Waals surface area contributed by atoms with Gasteiger partial charge in [0.15, 0.2) is 0 Å². The number of pyridine rings is 1. The normalized spacial score (nSPS) is 11.0. The molecule has 0 atom stereocenters. The number of hydrogen-bond donors (Lipinski definition) is 0. The van der Waals surface area contributed by atoms with E-state index in [9.17, 15) is 9.59 Å². The van der Waals surface area contributed by atoms with E-state index in [0.29, 0.717) is 33.7 Å². The average Bonchev–Trinajstić information content (AvgIpc) is 2.74. The van der Waals surface area contributed by atoms with Crippen LogP contribution >= 0.6 is 11.8 Å². The Balaban J connectivity index is 1.85. The van der Waals surface area contributed by atoms with E-state index in [-0.39, 0.29) is 5.56 Å². The molecule has 0 fully saturated rings. The average molecular weight is 420 g/mol. The van der Waals surface area contributed by atoms with Gasteiger partial charge in [-0.1, -0.05) is 48.2 Å². The Labute approximate surface area is 177 Å². The maximum atomic E-state index is 13.4. The molecule has 0 aliphatic carbocycles.